The Morgan fingerprint density at radius 2 is 2.23 bits per heavy atom. The third-order valence-electron chi connectivity index (χ3n) is 2.63. The molecule has 13 heavy (non-hydrogen) atoms. The second kappa shape index (κ2) is 4.07. The zero-order chi connectivity index (χ0) is 10.0. The smallest absolute Gasteiger partial charge is 0.320 e. The first-order valence-corrected chi connectivity index (χ1v) is 4.73. The summed E-state index contributed by atoms with van der Waals surface area (Å²) in [5, 5.41) is 8.82. The maximum absolute atomic E-state index is 10.7. The molecular formula is C9H18N2O2. The molecule has 0 spiro atoms. The molecule has 0 bridgehead atoms. The maximum Gasteiger partial charge on any atom is 0.320 e. The molecule has 1 aliphatic rings. The molecular weight excluding hydrogens is 168 g/mol. The predicted octanol–water partition coefficient (Wildman–Crippen LogP) is 0.129. The van der Waals surface area contributed by atoms with Gasteiger partial charge in [0, 0.05) is 19.1 Å². The topological polar surface area (TPSA) is 66.6 Å². The molecule has 1 rings (SSSR count). The van der Waals surface area contributed by atoms with E-state index in [0.717, 1.165) is 13.0 Å². The van der Waals surface area contributed by atoms with Crippen molar-refractivity contribution in [3.8, 4) is 0 Å². The number of hydrogen-bond acceptors (Lipinski definition) is 3. The number of aliphatic carboxylic acids is 1. The van der Waals surface area contributed by atoms with Crippen LogP contribution in [0, 0.1) is 5.92 Å². The highest BCUT2D eigenvalue weighted by molar-refractivity contribution is 5.72. The van der Waals surface area contributed by atoms with Crippen molar-refractivity contribution >= 4 is 5.97 Å². The number of carbonyl (C=O) groups is 1. The molecule has 0 saturated carbocycles. The molecule has 1 aliphatic heterocycles. The third kappa shape index (κ3) is 2.67. The van der Waals surface area contributed by atoms with Crippen molar-refractivity contribution in [2.75, 3.05) is 13.1 Å². The van der Waals surface area contributed by atoms with Crippen LogP contribution in [0.4, 0.5) is 0 Å². The summed E-state index contributed by atoms with van der Waals surface area (Å²) in [6, 6.07) is -0.278. The van der Waals surface area contributed by atoms with E-state index in [1.165, 1.54) is 0 Å². The van der Waals surface area contributed by atoms with Gasteiger partial charge in [0.1, 0.15) is 6.04 Å². The molecule has 0 radical (unpaired) electrons. The lowest BCUT2D eigenvalue weighted by molar-refractivity contribution is -0.143. The molecule has 1 heterocycles. The predicted molar refractivity (Wildman–Crippen MR) is 50.4 cm³/mol. The first-order valence-electron chi connectivity index (χ1n) is 4.73. The quantitative estimate of drug-likeness (QED) is 0.643. The monoisotopic (exact) mass is 186 g/mol. The van der Waals surface area contributed by atoms with Crippen molar-refractivity contribution in [2.45, 2.75) is 32.4 Å². The van der Waals surface area contributed by atoms with Gasteiger partial charge in [0.05, 0.1) is 0 Å². The Morgan fingerprint density at radius 1 is 1.62 bits per heavy atom. The summed E-state index contributed by atoms with van der Waals surface area (Å²) >= 11 is 0. The van der Waals surface area contributed by atoms with Crippen LogP contribution in [0.3, 0.4) is 0 Å². The second-order valence-corrected chi connectivity index (χ2v) is 4.07. The van der Waals surface area contributed by atoms with Gasteiger partial charge in [-0.15, -0.1) is 0 Å². The maximum atomic E-state index is 10.7. The van der Waals surface area contributed by atoms with Gasteiger partial charge in [0.25, 0.3) is 0 Å². The normalized spacial score (nSPS) is 32.8. The number of hydrogen-bond donors (Lipinski definition) is 2. The van der Waals surface area contributed by atoms with E-state index in [-0.39, 0.29) is 6.04 Å². The first kappa shape index (κ1) is 10.5. The van der Waals surface area contributed by atoms with Gasteiger partial charge in [-0.05, 0) is 19.3 Å². The Morgan fingerprint density at radius 3 is 2.69 bits per heavy atom. The van der Waals surface area contributed by atoms with E-state index in [9.17, 15) is 4.79 Å². The minimum Gasteiger partial charge on any atom is -0.480 e. The van der Waals surface area contributed by atoms with Gasteiger partial charge in [-0.3, -0.25) is 9.69 Å². The van der Waals surface area contributed by atoms with E-state index >= 15 is 0 Å². The molecule has 0 aromatic heterocycles. The molecule has 4 heteroatoms. The van der Waals surface area contributed by atoms with E-state index < -0.39 is 12.0 Å². The highest BCUT2D eigenvalue weighted by atomic mass is 16.4. The van der Waals surface area contributed by atoms with Crippen LogP contribution in [0.2, 0.25) is 0 Å². The van der Waals surface area contributed by atoms with Gasteiger partial charge in [0.2, 0.25) is 0 Å². The number of rotatable bonds is 2. The Kier molecular flexibility index (Phi) is 3.27. The minimum absolute atomic E-state index is 0.130. The van der Waals surface area contributed by atoms with Crippen LogP contribution in [-0.2, 0) is 4.79 Å². The van der Waals surface area contributed by atoms with Crippen LogP contribution in [0.5, 0.6) is 0 Å². The van der Waals surface area contributed by atoms with E-state index in [1.807, 2.05) is 4.90 Å². The molecule has 3 N–H and O–H groups in total. The van der Waals surface area contributed by atoms with Gasteiger partial charge in [-0.25, -0.2) is 0 Å². The molecule has 3 atom stereocenters. The molecule has 0 aliphatic carbocycles. The average Bonchev–Trinajstić information content (AvgIpc) is 2.01. The molecule has 76 valence electrons. The zero-order valence-corrected chi connectivity index (χ0v) is 8.23. The lowest BCUT2D eigenvalue weighted by Gasteiger charge is -2.36. The number of carboxylic acid groups (broad SMARTS) is 1. The number of likely N-dealkylation sites (tertiary alicyclic amines) is 1. The summed E-state index contributed by atoms with van der Waals surface area (Å²) in [6.07, 6.45) is 1.00. The van der Waals surface area contributed by atoms with Crippen LogP contribution >= 0.6 is 0 Å². The number of carboxylic acids is 1. The summed E-state index contributed by atoms with van der Waals surface area (Å²) < 4.78 is 0. The number of nitrogens with two attached hydrogens (primary N) is 1. The second-order valence-electron chi connectivity index (χ2n) is 4.07. The Balaban J connectivity index is 2.54. The third-order valence-corrected chi connectivity index (χ3v) is 2.63. The summed E-state index contributed by atoms with van der Waals surface area (Å²) in [6.45, 7) is 5.38. The van der Waals surface area contributed by atoms with E-state index in [2.05, 4.69) is 6.92 Å². The van der Waals surface area contributed by atoms with E-state index in [0.29, 0.717) is 12.5 Å². The van der Waals surface area contributed by atoms with Crippen molar-refractivity contribution in [2.24, 2.45) is 11.7 Å². The summed E-state index contributed by atoms with van der Waals surface area (Å²) in [7, 11) is 0. The Hall–Kier alpha value is -0.610. The highest BCUT2D eigenvalue weighted by Crippen LogP contribution is 2.17. The molecule has 0 aromatic carbocycles. The fraction of sp³-hybridized carbons (Fsp3) is 0.889. The van der Waals surface area contributed by atoms with Crippen LogP contribution in [-0.4, -0.2) is 41.1 Å². The van der Waals surface area contributed by atoms with Crippen LogP contribution < -0.4 is 5.73 Å². The molecule has 1 fully saturated rings. The lowest BCUT2D eigenvalue weighted by Crippen LogP contribution is -2.51. The fourth-order valence-electron chi connectivity index (χ4n) is 1.91. The number of piperidine rings is 1. The Labute approximate surface area is 78.7 Å². The molecule has 3 unspecified atom stereocenters. The SMILES string of the molecule is CC1CC(N)CN(C(C)C(=O)O)C1. The molecule has 0 aromatic rings. The average molecular weight is 186 g/mol. The van der Waals surface area contributed by atoms with Crippen LogP contribution in [0.1, 0.15) is 20.3 Å². The summed E-state index contributed by atoms with van der Waals surface area (Å²) in [5.41, 5.74) is 5.82. The van der Waals surface area contributed by atoms with Gasteiger partial charge < -0.3 is 10.8 Å². The number of nitrogens with zero attached hydrogens (tertiary/aromatic N) is 1. The molecule has 4 nitrogen and oxygen atoms in total. The fourth-order valence-corrected chi connectivity index (χ4v) is 1.91. The van der Waals surface area contributed by atoms with Crippen molar-refractivity contribution < 1.29 is 9.90 Å². The molecule has 0 amide bonds. The van der Waals surface area contributed by atoms with Gasteiger partial charge in [0.15, 0.2) is 0 Å². The van der Waals surface area contributed by atoms with E-state index in [1.54, 1.807) is 6.92 Å². The van der Waals surface area contributed by atoms with Gasteiger partial charge in [-0.2, -0.15) is 0 Å². The van der Waals surface area contributed by atoms with E-state index in [4.69, 9.17) is 10.8 Å². The van der Waals surface area contributed by atoms with Crippen LogP contribution in [0.15, 0.2) is 0 Å². The van der Waals surface area contributed by atoms with Crippen molar-refractivity contribution in [3.63, 3.8) is 0 Å². The minimum atomic E-state index is -0.763. The zero-order valence-electron chi connectivity index (χ0n) is 8.23. The molecule has 1 saturated heterocycles. The Bertz CT molecular complexity index is 186. The highest BCUT2D eigenvalue weighted by Gasteiger charge is 2.28. The van der Waals surface area contributed by atoms with Crippen molar-refractivity contribution in [3.05, 3.63) is 0 Å². The van der Waals surface area contributed by atoms with Crippen LogP contribution in [0.25, 0.3) is 0 Å². The standard InChI is InChI=1S/C9H18N2O2/c1-6-3-8(10)5-11(4-6)7(2)9(12)13/h6-8H,3-5,10H2,1-2H3,(H,12,13). The van der Waals surface area contributed by atoms with Gasteiger partial charge in [-0.1, -0.05) is 6.92 Å². The van der Waals surface area contributed by atoms with Crippen molar-refractivity contribution in [1.29, 1.82) is 0 Å². The summed E-state index contributed by atoms with van der Waals surface area (Å²) in [5.74, 6) is -0.258. The summed E-state index contributed by atoms with van der Waals surface area (Å²) in [4.78, 5) is 12.7. The van der Waals surface area contributed by atoms with Gasteiger partial charge >= 0.3 is 5.97 Å². The van der Waals surface area contributed by atoms with Crippen molar-refractivity contribution in [1.82, 2.24) is 4.90 Å². The first-order chi connectivity index (χ1) is 6.00. The largest absolute Gasteiger partial charge is 0.480 e. The lowest BCUT2D eigenvalue weighted by atomic mass is 9.95.